The zero-order valence-corrected chi connectivity index (χ0v) is 14.4. The fraction of sp³-hybridized carbons (Fsp3) is 0. The van der Waals surface area contributed by atoms with Gasteiger partial charge >= 0.3 is 0 Å². The predicted molar refractivity (Wildman–Crippen MR) is 87.0 cm³/mol. The third-order valence-electron chi connectivity index (χ3n) is 2.75. The molecular formula is C12H7BrIN3O2S. The monoisotopic (exact) mass is 463 g/mol. The van der Waals surface area contributed by atoms with Crippen molar-refractivity contribution in [2.45, 2.75) is 4.90 Å². The van der Waals surface area contributed by atoms with Crippen molar-refractivity contribution >= 4 is 59.6 Å². The van der Waals surface area contributed by atoms with Crippen LogP contribution in [0.1, 0.15) is 0 Å². The van der Waals surface area contributed by atoms with Gasteiger partial charge in [0.25, 0.3) is 10.0 Å². The van der Waals surface area contributed by atoms with E-state index in [1.54, 1.807) is 36.4 Å². The molecule has 5 nitrogen and oxygen atoms in total. The van der Waals surface area contributed by atoms with Gasteiger partial charge in [-0.3, -0.25) is 0 Å². The SMILES string of the molecule is O=S(=O)(c1ccccc1)n1c(Br)cc2c(I)ncnc21. The van der Waals surface area contributed by atoms with Gasteiger partial charge in [-0.15, -0.1) is 0 Å². The quantitative estimate of drug-likeness (QED) is 0.433. The number of hydrogen-bond donors (Lipinski definition) is 0. The molecule has 0 fully saturated rings. The van der Waals surface area contributed by atoms with Gasteiger partial charge < -0.3 is 0 Å². The Labute approximate surface area is 137 Å². The number of fused-ring (bicyclic) bond motifs is 1. The van der Waals surface area contributed by atoms with Gasteiger partial charge in [-0.2, -0.15) is 0 Å². The van der Waals surface area contributed by atoms with Crippen molar-refractivity contribution in [3.05, 3.63) is 51.0 Å². The van der Waals surface area contributed by atoms with Crippen molar-refractivity contribution in [2.75, 3.05) is 0 Å². The summed E-state index contributed by atoms with van der Waals surface area (Å²) in [4.78, 5) is 8.37. The molecule has 0 aliphatic rings. The summed E-state index contributed by atoms with van der Waals surface area (Å²) in [6.45, 7) is 0. The molecule has 0 atom stereocenters. The summed E-state index contributed by atoms with van der Waals surface area (Å²) in [6.07, 6.45) is 1.35. The van der Waals surface area contributed by atoms with Crippen LogP contribution in [0.2, 0.25) is 0 Å². The molecule has 0 radical (unpaired) electrons. The van der Waals surface area contributed by atoms with Crippen molar-refractivity contribution in [3.8, 4) is 0 Å². The van der Waals surface area contributed by atoms with Crippen LogP contribution in [-0.4, -0.2) is 22.4 Å². The topological polar surface area (TPSA) is 64.8 Å². The van der Waals surface area contributed by atoms with E-state index in [4.69, 9.17) is 0 Å². The zero-order valence-electron chi connectivity index (χ0n) is 9.86. The van der Waals surface area contributed by atoms with Crippen LogP contribution in [-0.2, 0) is 10.0 Å². The molecule has 20 heavy (non-hydrogen) atoms. The van der Waals surface area contributed by atoms with Gasteiger partial charge in [0.15, 0.2) is 5.65 Å². The fourth-order valence-electron chi connectivity index (χ4n) is 1.86. The molecule has 3 rings (SSSR count). The Kier molecular flexibility index (Phi) is 3.55. The Morgan fingerprint density at radius 2 is 1.85 bits per heavy atom. The molecule has 0 amide bonds. The summed E-state index contributed by atoms with van der Waals surface area (Å²) in [5, 5.41) is 0.694. The average Bonchev–Trinajstić information content (AvgIpc) is 2.78. The second-order valence-corrected chi connectivity index (χ2v) is 7.57. The van der Waals surface area contributed by atoms with Gasteiger partial charge in [0.1, 0.15) is 14.6 Å². The molecule has 0 bridgehead atoms. The molecule has 0 unspecified atom stereocenters. The van der Waals surface area contributed by atoms with E-state index in [2.05, 4.69) is 48.5 Å². The Morgan fingerprint density at radius 1 is 1.15 bits per heavy atom. The highest BCUT2D eigenvalue weighted by Gasteiger charge is 2.23. The summed E-state index contributed by atoms with van der Waals surface area (Å²) in [5.41, 5.74) is 0.361. The number of benzene rings is 1. The summed E-state index contributed by atoms with van der Waals surface area (Å²) in [7, 11) is -3.69. The summed E-state index contributed by atoms with van der Waals surface area (Å²) in [5.74, 6) is 0. The van der Waals surface area contributed by atoms with Crippen LogP contribution in [0.3, 0.4) is 0 Å². The van der Waals surface area contributed by atoms with Gasteiger partial charge in [-0.05, 0) is 56.7 Å². The summed E-state index contributed by atoms with van der Waals surface area (Å²) in [6, 6.07) is 9.96. The van der Waals surface area contributed by atoms with Crippen LogP contribution in [0, 0.1) is 3.70 Å². The number of halogens is 2. The lowest BCUT2D eigenvalue weighted by molar-refractivity contribution is 0.588. The average molecular weight is 464 g/mol. The molecule has 2 aromatic heterocycles. The molecule has 1 aromatic carbocycles. The number of nitrogens with zero attached hydrogens (tertiary/aromatic N) is 3. The third-order valence-corrected chi connectivity index (χ3v) is 6.14. The number of hydrogen-bond acceptors (Lipinski definition) is 4. The minimum absolute atomic E-state index is 0.215. The van der Waals surface area contributed by atoms with Crippen LogP contribution in [0.15, 0.2) is 52.2 Å². The predicted octanol–water partition coefficient (Wildman–Crippen LogP) is 3.04. The molecule has 0 saturated heterocycles. The van der Waals surface area contributed by atoms with Crippen LogP contribution in [0.4, 0.5) is 0 Å². The van der Waals surface area contributed by atoms with Crippen molar-refractivity contribution < 1.29 is 8.42 Å². The number of rotatable bonds is 2. The first-order chi connectivity index (χ1) is 9.51. The highest BCUT2D eigenvalue weighted by atomic mass is 127. The van der Waals surface area contributed by atoms with Gasteiger partial charge in [0.2, 0.25) is 0 Å². The lowest BCUT2D eigenvalue weighted by Gasteiger charge is -2.08. The Balaban J connectivity index is 2.36. The smallest absolute Gasteiger partial charge is 0.230 e. The summed E-state index contributed by atoms with van der Waals surface area (Å²) < 4.78 is 27.7. The van der Waals surface area contributed by atoms with Crippen LogP contribution >= 0.6 is 38.5 Å². The highest BCUT2D eigenvalue weighted by Crippen LogP contribution is 2.29. The van der Waals surface area contributed by atoms with Gasteiger partial charge in [0.05, 0.1) is 10.3 Å². The third kappa shape index (κ3) is 2.15. The lowest BCUT2D eigenvalue weighted by atomic mass is 10.4. The van der Waals surface area contributed by atoms with Crippen LogP contribution in [0.5, 0.6) is 0 Å². The maximum Gasteiger partial charge on any atom is 0.270 e. The minimum atomic E-state index is -3.69. The van der Waals surface area contributed by atoms with E-state index < -0.39 is 10.0 Å². The molecule has 8 heteroatoms. The van der Waals surface area contributed by atoms with Crippen LogP contribution in [0.25, 0.3) is 11.0 Å². The largest absolute Gasteiger partial charge is 0.270 e. The van der Waals surface area contributed by atoms with E-state index in [1.807, 2.05) is 0 Å². The molecule has 0 aliphatic carbocycles. The standard InChI is InChI=1S/C12H7BrIN3O2S/c13-10-6-9-11(14)15-7-16-12(9)17(10)20(18,19)8-4-2-1-3-5-8/h1-7H. The molecular weight excluding hydrogens is 457 g/mol. The maximum atomic E-state index is 12.7. The van der Waals surface area contributed by atoms with E-state index in [1.165, 1.54) is 10.3 Å². The first kappa shape index (κ1) is 14.0. The highest BCUT2D eigenvalue weighted by molar-refractivity contribution is 14.1. The first-order valence-electron chi connectivity index (χ1n) is 5.50. The number of aromatic nitrogens is 3. The van der Waals surface area contributed by atoms with Crippen molar-refractivity contribution in [1.82, 2.24) is 13.9 Å². The fourth-order valence-corrected chi connectivity index (χ4v) is 4.71. The lowest BCUT2D eigenvalue weighted by Crippen LogP contribution is -2.13. The molecule has 0 N–H and O–H groups in total. The minimum Gasteiger partial charge on any atom is -0.230 e. The molecule has 3 aromatic rings. The van der Waals surface area contributed by atoms with Crippen LogP contribution < -0.4 is 0 Å². The first-order valence-corrected chi connectivity index (χ1v) is 8.81. The van der Waals surface area contributed by atoms with Crippen molar-refractivity contribution in [1.29, 1.82) is 0 Å². The normalized spacial score (nSPS) is 11.9. The van der Waals surface area contributed by atoms with Gasteiger partial charge in [0, 0.05) is 0 Å². The Bertz CT molecular complexity index is 894. The molecule has 0 saturated carbocycles. The van der Waals surface area contributed by atoms with E-state index >= 15 is 0 Å². The second-order valence-electron chi connectivity index (χ2n) is 3.95. The van der Waals surface area contributed by atoms with Crippen molar-refractivity contribution in [3.63, 3.8) is 0 Å². The molecule has 0 aliphatic heterocycles. The maximum absolute atomic E-state index is 12.7. The van der Waals surface area contributed by atoms with E-state index in [-0.39, 0.29) is 4.90 Å². The Morgan fingerprint density at radius 3 is 2.55 bits per heavy atom. The van der Waals surface area contributed by atoms with Gasteiger partial charge in [-0.25, -0.2) is 22.4 Å². The van der Waals surface area contributed by atoms with Crippen molar-refractivity contribution in [2.24, 2.45) is 0 Å². The van der Waals surface area contributed by atoms with E-state index in [0.29, 0.717) is 19.3 Å². The van der Waals surface area contributed by atoms with Gasteiger partial charge in [-0.1, -0.05) is 18.2 Å². The molecule has 102 valence electrons. The summed E-state index contributed by atoms with van der Waals surface area (Å²) >= 11 is 5.34. The van der Waals surface area contributed by atoms with E-state index in [9.17, 15) is 8.42 Å². The van der Waals surface area contributed by atoms with E-state index in [0.717, 1.165) is 0 Å². The Hall–Kier alpha value is -1.00. The molecule has 0 spiro atoms. The molecule has 2 heterocycles. The zero-order chi connectivity index (χ0) is 14.3. The second kappa shape index (κ2) is 5.08.